The highest BCUT2D eigenvalue weighted by Crippen LogP contribution is 2.28. The first kappa shape index (κ1) is 11.4. The number of benzene rings is 1. The molecule has 2 rings (SSSR count). The Hall–Kier alpha value is -1.13. The van der Waals surface area contributed by atoms with Gasteiger partial charge in [-0.15, -0.1) is 11.3 Å². The molecule has 0 aliphatic carbocycles. The Bertz CT molecular complexity index is 569. The molecule has 0 spiro atoms. The van der Waals surface area contributed by atoms with Crippen LogP contribution in [0.25, 0.3) is 10.4 Å². The highest BCUT2D eigenvalue weighted by molar-refractivity contribution is 7.91. The Morgan fingerprint density at radius 3 is 2.50 bits per heavy atom. The van der Waals surface area contributed by atoms with Gasteiger partial charge in [0.2, 0.25) is 0 Å². The van der Waals surface area contributed by atoms with E-state index in [1.54, 1.807) is 11.3 Å². The number of sulfone groups is 1. The third-order valence-electron chi connectivity index (χ3n) is 2.18. The first-order valence-electron chi connectivity index (χ1n) is 4.74. The highest BCUT2D eigenvalue weighted by atomic mass is 32.2. The van der Waals surface area contributed by atoms with Crippen LogP contribution in [0.15, 0.2) is 41.8 Å². The van der Waals surface area contributed by atoms with Crippen molar-refractivity contribution < 1.29 is 8.42 Å². The van der Waals surface area contributed by atoms with Crippen LogP contribution in [-0.2, 0) is 15.6 Å². The third kappa shape index (κ3) is 2.71. The quantitative estimate of drug-likeness (QED) is 0.840. The molecule has 1 heterocycles. The molecule has 1 aromatic heterocycles. The van der Waals surface area contributed by atoms with Crippen LogP contribution in [0.1, 0.15) is 5.56 Å². The number of hydrogen-bond acceptors (Lipinski definition) is 3. The van der Waals surface area contributed by atoms with Crippen LogP contribution in [0, 0.1) is 6.26 Å². The van der Waals surface area contributed by atoms with Crippen LogP contribution in [0.3, 0.4) is 0 Å². The van der Waals surface area contributed by atoms with Gasteiger partial charge in [0.25, 0.3) is 0 Å². The van der Waals surface area contributed by atoms with E-state index in [1.165, 1.54) is 0 Å². The lowest BCUT2D eigenvalue weighted by atomic mass is 10.1. The molecule has 83 valence electrons. The van der Waals surface area contributed by atoms with Crippen molar-refractivity contribution in [2.75, 3.05) is 0 Å². The van der Waals surface area contributed by atoms with Crippen molar-refractivity contribution in [3.8, 4) is 10.4 Å². The maximum Gasteiger partial charge on any atom is 0.155 e. The number of hydrogen-bond donors (Lipinski definition) is 0. The average Bonchev–Trinajstić information content (AvgIpc) is 2.69. The van der Waals surface area contributed by atoms with Crippen LogP contribution in [0.4, 0.5) is 0 Å². The molecule has 0 N–H and O–H groups in total. The van der Waals surface area contributed by atoms with Gasteiger partial charge in [0.1, 0.15) is 0 Å². The third-order valence-corrected chi connectivity index (χ3v) is 3.83. The molecule has 0 unspecified atom stereocenters. The molecule has 4 heteroatoms. The highest BCUT2D eigenvalue weighted by Gasteiger charge is 2.10. The topological polar surface area (TPSA) is 34.1 Å². The zero-order chi connectivity index (χ0) is 11.6. The Morgan fingerprint density at radius 2 is 1.88 bits per heavy atom. The summed E-state index contributed by atoms with van der Waals surface area (Å²) in [4.78, 5) is 1.08. The monoisotopic (exact) mass is 251 g/mol. The molecule has 0 fully saturated rings. The van der Waals surface area contributed by atoms with Crippen molar-refractivity contribution in [2.45, 2.75) is 5.75 Å². The zero-order valence-electron chi connectivity index (χ0n) is 8.59. The summed E-state index contributed by atoms with van der Waals surface area (Å²) in [5.74, 6) is -0.0128. The predicted molar refractivity (Wildman–Crippen MR) is 67.7 cm³/mol. The van der Waals surface area contributed by atoms with Gasteiger partial charge in [0, 0.05) is 4.88 Å². The minimum atomic E-state index is -3.24. The van der Waals surface area contributed by atoms with E-state index in [2.05, 4.69) is 6.26 Å². The maximum atomic E-state index is 11.2. The first-order valence-corrected chi connectivity index (χ1v) is 7.44. The Morgan fingerprint density at radius 1 is 1.12 bits per heavy atom. The van der Waals surface area contributed by atoms with E-state index in [9.17, 15) is 8.42 Å². The molecule has 0 atom stereocenters. The van der Waals surface area contributed by atoms with Gasteiger partial charge >= 0.3 is 0 Å². The molecule has 0 aliphatic heterocycles. The largest absolute Gasteiger partial charge is 0.228 e. The summed E-state index contributed by atoms with van der Waals surface area (Å²) < 4.78 is 22.4. The van der Waals surface area contributed by atoms with Crippen molar-refractivity contribution in [1.29, 1.82) is 0 Å². The van der Waals surface area contributed by atoms with Crippen molar-refractivity contribution >= 4 is 21.2 Å². The molecule has 2 nitrogen and oxygen atoms in total. The minimum absolute atomic E-state index is 0.0128. The lowest BCUT2D eigenvalue weighted by molar-refractivity contribution is 0.603. The van der Waals surface area contributed by atoms with Gasteiger partial charge in [-0.05, 0) is 22.6 Å². The van der Waals surface area contributed by atoms with Gasteiger partial charge in [-0.2, -0.15) is 0 Å². The minimum Gasteiger partial charge on any atom is -0.228 e. The van der Waals surface area contributed by atoms with E-state index in [0.29, 0.717) is 0 Å². The molecule has 0 saturated carbocycles. The molecule has 0 amide bonds. The second-order valence-electron chi connectivity index (χ2n) is 3.52. The summed E-state index contributed by atoms with van der Waals surface area (Å²) in [7, 11) is -3.24. The average molecular weight is 251 g/mol. The van der Waals surface area contributed by atoms with Gasteiger partial charge in [0.05, 0.1) is 12.0 Å². The van der Waals surface area contributed by atoms with E-state index in [1.807, 2.05) is 41.8 Å². The molecule has 0 saturated heterocycles. The van der Waals surface area contributed by atoms with E-state index in [-0.39, 0.29) is 5.75 Å². The van der Waals surface area contributed by atoms with Crippen LogP contribution in [0.5, 0.6) is 0 Å². The van der Waals surface area contributed by atoms with Crippen molar-refractivity contribution in [2.24, 2.45) is 0 Å². The standard InChI is InChI=1S/C12H11O2S2/c1-16(13,14)9-10-5-2-3-6-11(10)12-7-4-8-15-12/h2-8H,1,9H2. The number of thiophene rings is 1. The van der Waals surface area contributed by atoms with Gasteiger partial charge in [-0.1, -0.05) is 30.3 Å². The summed E-state index contributed by atoms with van der Waals surface area (Å²) in [6.45, 7) is 0. The van der Waals surface area contributed by atoms with Gasteiger partial charge in [-0.25, -0.2) is 8.42 Å². The lowest BCUT2D eigenvalue weighted by Crippen LogP contribution is -1.99. The van der Waals surface area contributed by atoms with E-state index < -0.39 is 9.84 Å². The summed E-state index contributed by atoms with van der Waals surface area (Å²) >= 11 is 1.60. The van der Waals surface area contributed by atoms with Crippen LogP contribution >= 0.6 is 11.3 Å². The smallest absolute Gasteiger partial charge is 0.155 e. The van der Waals surface area contributed by atoms with Crippen LogP contribution in [-0.4, -0.2) is 8.42 Å². The predicted octanol–water partition coefficient (Wildman–Crippen LogP) is 3.12. The molecule has 16 heavy (non-hydrogen) atoms. The molecule has 1 radical (unpaired) electrons. The van der Waals surface area contributed by atoms with E-state index in [4.69, 9.17) is 0 Å². The second-order valence-corrected chi connectivity index (χ2v) is 6.25. The van der Waals surface area contributed by atoms with Crippen LogP contribution < -0.4 is 0 Å². The first-order chi connectivity index (χ1) is 7.56. The van der Waals surface area contributed by atoms with Gasteiger partial charge in [0.15, 0.2) is 9.84 Å². The molecular weight excluding hydrogens is 240 g/mol. The fraction of sp³-hybridized carbons (Fsp3) is 0.0833. The summed E-state index contributed by atoms with van der Waals surface area (Å²) in [5, 5.41) is 1.98. The summed E-state index contributed by atoms with van der Waals surface area (Å²) in [6, 6.07) is 11.5. The van der Waals surface area contributed by atoms with E-state index in [0.717, 1.165) is 16.0 Å². The summed E-state index contributed by atoms with van der Waals surface area (Å²) in [5.41, 5.74) is 1.78. The fourth-order valence-electron chi connectivity index (χ4n) is 1.56. The van der Waals surface area contributed by atoms with Gasteiger partial charge in [-0.3, -0.25) is 0 Å². The maximum absolute atomic E-state index is 11.2. The normalized spacial score (nSPS) is 11.6. The molecular formula is C12H11O2S2. The number of rotatable bonds is 3. The zero-order valence-corrected chi connectivity index (χ0v) is 10.2. The lowest BCUT2D eigenvalue weighted by Gasteiger charge is -2.06. The Kier molecular flexibility index (Phi) is 3.12. The van der Waals surface area contributed by atoms with Crippen molar-refractivity contribution in [3.63, 3.8) is 0 Å². The fourth-order valence-corrected chi connectivity index (χ4v) is 3.07. The van der Waals surface area contributed by atoms with Crippen LogP contribution in [0.2, 0.25) is 0 Å². The molecule has 1 aromatic carbocycles. The molecule has 2 aromatic rings. The summed E-state index contributed by atoms with van der Waals surface area (Å²) in [6.07, 6.45) is 3.16. The van der Waals surface area contributed by atoms with E-state index >= 15 is 0 Å². The Labute approximate surface area is 99.5 Å². The second kappa shape index (κ2) is 4.39. The Balaban J connectivity index is 2.47. The van der Waals surface area contributed by atoms with Crippen molar-refractivity contribution in [1.82, 2.24) is 0 Å². The van der Waals surface area contributed by atoms with Gasteiger partial charge < -0.3 is 0 Å². The molecule has 0 bridgehead atoms. The van der Waals surface area contributed by atoms with Crippen molar-refractivity contribution in [3.05, 3.63) is 53.6 Å². The SMILES string of the molecule is [CH2]S(=O)(=O)Cc1ccccc1-c1cccs1. The molecule has 0 aliphatic rings.